The van der Waals surface area contributed by atoms with Gasteiger partial charge in [-0.2, -0.15) is 5.10 Å². The summed E-state index contributed by atoms with van der Waals surface area (Å²) in [6, 6.07) is 4.42. The van der Waals surface area contributed by atoms with Crippen molar-refractivity contribution in [1.29, 1.82) is 0 Å². The van der Waals surface area contributed by atoms with Crippen LogP contribution in [0.25, 0.3) is 22.0 Å². The van der Waals surface area contributed by atoms with E-state index >= 15 is 0 Å². The number of aromatic nitrogens is 5. The molecule has 0 atom stereocenters. The summed E-state index contributed by atoms with van der Waals surface area (Å²) in [5.74, 6) is 0.128. The Kier molecular flexibility index (Phi) is 4.95. The van der Waals surface area contributed by atoms with Crippen molar-refractivity contribution in [3.8, 4) is 11.3 Å². The van der Waals surface area contributed by atoms with Gasteiger partial charge in [0.2, 0.25) is 5.78 Å². The topological polar surface area (TPSA) is 93.2 Å². The van der Waals surface area contributed by atoms with E-state index in [1.54, 1.807) is 23.3 Å². The highest BCUT2D eigenvalue weighted by molar-refractivity contribution is 5.95. The van der Waals surface area contributed by atoms with Crippen LogP contribution in [0.1, 0.15) is 16.2 Å². The molecule has 31 heavy (non-hydrogen) atoms. The van der Waals surface area contributed by atoms with Gasteiger partial charge >= 0.3 is 0 Å². The minimum absolute atomic E-state index is 0.138. The highest BCUT2D eigenvalue weighted by Gasteiger charge is 2.21. The van der Waals surface area contributed by atoms with Crippen LogP contribution in [-0.2, 0) is 13.5 Å². The molecule has 0 unspecified atom stereocenters. The van der Waals surface area contributed by atoms with Crippen LogP contribution in [0, 0.1) is 0 Å². The monoisotopic (exact) mass is 417 g/mol. The Morgan fingerprint density at radius 1 is 0.968 bits per heavy atom. The Balaban J connectivity index is 1.33. The second-order valence-corrected chi connectivity index (χ2v) is 7.89. The molecule has 0 spiro atoms. The number of fused-ring (bicyclic) bond motifs is 1. The Hall–Kier alpha value is -3.59. The standard InChI is InChI=1S/C22H23N7O2/c1-27-3-5-29(6-4-27)22-25-13-21(31-22)20(30)9-18-7-15-8-19(17-12-26-28(2)14-17)24-11-16(15)10-23-18/h7-8,10-14H,3-6,9H2,1-2H3. The summed E-state index contributed by atoms with van der Waals surface area (Å²) in [5, 5.41) is 6.09. The average Bonchev–Trinajstić information content (AvgIpc) is 3.43. The van der Waals surface area contributed by atoms with Crippen molar-refractivity contribution in [2.24, 2.45) is 7.05 Å². The van der Waals surface area contributed by atoms with Gasteiger partial charge in [0.15, 0.2) is 5.76 Å². The number of nitrogens with zero attached hydrogens (tertiary/aromatic N) is 7. The lowest BCUT2D eigenvalue weighted by Crippen LogP contribution is -2.44. The number of anilines is 1. The zero-order valence-electron chi connectivity index (χ0n) is 17.5. The predicted molar refractivity (Wildman–Crippen MR) is 116 cm³/mol. The number of rotatable bonds is 5. The van der Waals surface area contributed by atoms with Gasteiger partial charge in [0, 0.05) is 68.5 Å². The molecule has 0 radical (unpaired) electrons. The normalized spacial score (nSPS) is 15.0. The average molecular weight is 417 g/mol. The van der Waals surface area contributed by atoms with Crippen molar-refractivity contribution >= 4 is 22.6 Å². The summed E-state index contributed by atoms with van der Waals surface area (Å²) >= 11 is 0. The van der Waals surface area contributed by atoms with Gasteiger partial charge in [-0.05, 0) is 24.6 Å². The third-order valence-electron chi connectivity index (χ3n) is 5.54. The van der Waals surface area contributed by atoms with Crippen LogP contribution >= 0.6 is 0 Å². The van der Waals surface area contributed by atoms with E-state index in [1.165, 1.54) is 6.20 Å². The number of pyridine rings is 2. The van der Waals surface area contributed by atoms with E-state index in [2.05, 4.69) is 36.9 Å². The lowest BCUT2D eigenvalue weighted by atomic mass is 10.1. The lowest BCUT2D eigenvalue weighted by Gasteiger charge is -2.31. The number of carbonyl (C=O) groups excluding carboxylic acids is 1. The van der Waals surface area contributed by atoms with E-state index in [1.807, 2.05) is 25.4 Å². The summed E-state index contributed by atoms with van der Waals surface area (Å²) < 4.78 is 7.50. The highest BCUT2D eigenvalue weighted by atomic mass is 16.4. The molecule has 1 aliphatic rings. The molecule has 9 heteroatoms. The smallest absolute Gasteiger partial charge is 0.297 e. The van der Waals surface area contributed by atoms with E-state index in [0.717, 1.165) is 48.2 Å². The van der Waals surface area contributed by atoms with Gasteiger partial charge in [0.1, 0.15) is 0 Å². The summed E-state index contributed by atoms with van der Waals surface area (Å²) in [6.07, 6.45) is 8.89. The minimum Gasteiger partial charge on any atom is -0.420 e. The first-order chi connectivity index (χ1) is 15.0. The first-order valence-corrected chi connectivity index (χ1v) is 10.2. The van der Waals surface area contributed by atoms with Crippen molar-refractivity contribution in [2.75, 3.05) is 38.1 Å². The predicted octanol–water partition coefficient (Wildman–Crippen LogP) is 2.20. The molecule has 4 aromatic heterocycles. The molecule has 158 valence electrons. The molecule has 0 N–H and O–H groups in total. The van der Waals surface area contributed by atoms with Gasteiger partial charge in [0.05, 0.1) is 24.5 Å². The molecule has 9 nitrogen and oxygen atoms in total. The molecule has 5 heterocycles. The Bertz CT molecular complexity index is 1240. The number of Topliss-reactive ketones (excluding diaryl/α,β-unsaturated/α-hetero) is 1. The van der Waals surface area contributed by atoms with Gasteiger partial charge in [-0.1, -0.05) is 0 Å². The molecule has 0 bridgehead atoms. The highest BCUT2D eigenvalue weighted by Crippen LogP contribution is 2.23. The fourth-order valence-electron chi connectivity index (χ4n) is 3.68. The number of piperazine rings is 1. The van der Waals surface area contributed by atoms with E-state index < -0.39 is 0 Å². The molecule has 0 aliphatic carbocycles. The molecule has 0 saturated carbocycles. The van der Waals surface area contributed by atoms with Crippen LogP contribution in [0.5, 0.6) is 0 Å². The van der Waals surface area contributed by atoms with Crippen LogP contribution in [0.2, 0.25) is 0 Å². The van der Waals surface area contributed by atoms with Crippen LogP contribution < -0.4 is 4.90 Å². The Morgan fingerprint density at radius 3 is 2.55 bits per heavy atom. The zero-order valence-corrected chi connectivity index (χ0v) is 17.5. The van der Waals surface area contributed by atoms with Gasteiger partial charge in [-0.15, -0.1) is 0 Å². The second-order valence-electron chi connectivity index (χ2n) is 7.89. The Morgan fingerprint density at radius 2 is 1.77 bits per heavy atom. The number of hydrogen-bond acceptors (Lipinski definition) is 8. The molecule has 0 amide bonds. The van der Waals surface area contributed by atoms with Crippen molar-refractivity contribution in [3.05, 3.63) is 54.6 Å². The summed E-state index contributed by atoms with van der Waals surface area (Å²) in [5.41, 5.74) is 2.45. The molecular weight excluding hydrogens is 394 g/mol. The molecule has 5 rings (SSSR count). The minimum atomic E-state index is -0.138. The fourth-order valence-corrected chi connectivity index (χ4v) is 3.68. The maximum atomic E-state index is 12.8. The third kappa shape index (κ3) is 4.04. The first-order valence-electron chi connectivity index (χ1n) is 10.2. The molecular formula is C22H23N7O2. The van der Waals surface area contributed by atoms with Crippen molar-refractivity contribution < 1.29 is 9.21 Å². The van der Waals surface area contributed by atoms with Gasteiger partial charge in [0.25, 0.3) is 6.01 Å². The zero-order chi connectivity index (χ0) is 21.4. The maximum Gasteiger partial charge on any atom is 0.297 e. The number of likely N-dealkylation sites (N-methyl/N-ethyl adjacent to an activating group) is 1. The summed E-state index contributed by atoms with van der Waals surface area (Å²) in [4.78, 5) is 30.3. The van der Waals surface area contributed by atoms with E-state index in [-0.39, 0.29) is 18.0 Å². The van der Waals surface area contributed by atoms with Gasteiger partial charge in [-0.25, -0.2) is 4.98 Å². The Labute approximate surface area is 179 Å². The van der Waals surface area contributed by atoms with E-state index in [4.69, 9.17) is 4.42 Å². The van der Waals surface area contributed by atoms with Crippen molar-refractivity contribution in [2.45, 2.75) is 6.42 Å². The van der Waals surface area contributed by atoms with Crippen LogP contribution in [0.4, 0.5) is 6.01 Å². The fraction of sp³-hybridized carbons (Fsp3) is 0.318. The quantitative estimate of drug-likeness (QED) is 0.456. The third-order valence-corrected chi connectivity index (χ3v) is 5.54. The number of ketones is 1. The largest absolute Gasteiger partial charge is 0.420 e. The van der Waals surface area contributed by atoms with Crippen LogP contribution in [0.15, 0.2) is 47.5 Å². The molecule has 1 fully saturated rings. The number of oxazole rings is 1. The van der Waals surface area contributed by atoms with Gasteiger partial charge in [-0.3, -0.25) is 19.4 Å². The van der Waals surface area contributed by atoms with Crippen molar-refractivity contribution in [1.82, 2.24) is 29.6 Å². The molecule has 1 aliphatic heterocycles. The van der Waals surface area contributed by atoms with Crippen LogP contribution in [-0.4, -0.2) is 68.6 Å². The number of aryl methyl sites for hydroxylation is 1. The second kappa shape index (κ2) is 7.92. The molecule has 0 aromatic carbocycles. The summed E-state index contributed by atoms with van der Waals surface area (Å²) in [7, 11) is 3.96. The summed E-state index contributed by atoms with van der Waals surface area (Å²) in [6.45, 7) is 3.57. The first kappa shape index (κ1) is 19.4. The van der Waals surface area contributed by atoms with Crippen molar-refractivity contribution in [3.63, 3.8) is 0 Å². The van der Waals surface area contributed by atoms with Crippen LogP contribution in [0.3, 0.4) is 0 Å². The lowest BCUT2D eigenvalue weighted by molar-refractivity contribution is 0.0965. The van der Waals surface area contributed by atoms with E-state index in [9.17, 15) is 4.79 Å². The molecule has 1 saturated heterocycles. The SMILES string of the molecule is CN1CCN(c2ncc(C(=O)Cc3cc4cc(-c5cnn(C)c5)ncc4cn3)o2)CC1. The number of carbonyl (C=O) groups is 1. The number of hydrogen-bond donors (Lipinski definition) is 0. The molecule has 4 aromatic rings. The maximum absolute atomic E-state index is 12.8. The van der Waals surface area contributed by atoms with Gasteiger partial charge < -0.3 is 14.2 Å². The van der Waals surface area contributed by atoms with E-state index in [0.29, 0.717) is 11.7 Å².